The molecular weight excluding hydrogens is 284 g/mol. The molecule has 0 bridgehead atoms. The van der Waals surface area contributed by atoms with E-state index in [1.807, 2.05) is 13.1 Å². The molecule has 0 aliphatic heterocycles. The van der Waals surface area contributed by atoms with E-state index in [0.29, 0.717) is 11.7 Å². The van der Waals surface area contributed by atoms with Crippen molar-refractivity contribution in [2.24, 2.45) is 14.1 Å². The molecule has 0 saturated heterocycles. The van der Waals surface area contributed by atoms with E-state index >= 15 is 0 Å². The second-order valence-corrected chi connectivity index (χ2v) is 5.66. The SMILES string of the molecule is Cn1c(COc2cc3nnn(C)c3cc2C2CC2)n[nH]c1=O. The van der Waals surface area contributed by atoms with Crippen LogP contribution in [0.3, 0.4) is 0 Å². The van der Waals surface area contributed by atoms with E-state index in [-0.39, 0.29) is 12.3 Å². The molecule has 0 spiro atoms. The molecular formula is C14H16N6O2. The first-order valence-electron chi connectivity index (χ1n) is 7.20. The minimum absolute atomic E-state index is 0.237. The Balaban J connectivity index is 1.69. The predicted molar refractivity (Wildman–Crippen MR) is 78.6 cm³/mol. The highest BCUT2D eigenvalue weighted by molar-refractivity contribution is 5.78. The van der Waals surface area contributed by atoms with Crippen molar-refractivity contribution >= 4 is 11.0 Å². The number of rotatable bonds is 4. The molecule has 0 amide bonds. The topological polar surface area (TPSA) is 90.6 Å². The van der Waals surface area contributed by atoms with Crippen LogP contribution in [-0.4, -0.2) is 29.8 Å². The third-order valence-corrected chi connectivity index (χ3v) is 4.09. The van der Waals surface area contributed by atoms with Gasteiger partial charge in [0.25, 0.3) is 0 Å². The fourth-order valence-corrected chi connectivity index (χ4v) is 2.57. The van der Waals surface area contributed by atoms with Crippen molar-refractivity contribution in [3.63, 3.8) is 0 Å². The largest absolute Gasteiger partial charge is 0.485 e. The van der Waals surface area contributed by atoms with Gasteiger partial charge in [-0.3, -0.25) is 4.57 Å². The maximum absolute atomic E-state index is 11.4. The minimum Gasteiger partial charge on any atom is -0.485 e. The zero-order valence-electron chi connectivity index (χ0n) is 12.4. The van der Waals surface area contributed by atoms with Gasteiger partial charge in [0.1, 0.15) is 17.9 Å². The molecule has 1 N–H and O–H groups in total. The number of benzene rings is 1. The number of nitrogens with zero attached hydrogens (tertiary/aromatic N) is 5. The van der Waals surface area contributed by atoms with Gasteiger partial charge < -0.3 is 4.74 Å². The quantitative estimate of drug-likeness (QED) is 0.771. The number of hydrogen-bond donors (Lipinski definition) is 1. The first-order valence-corrected chi connectivity index (χ1v) is 7.20. The number of ether oxygens (including phenoxy) is 1. The molecule has 2 heterocycles. The lowest BCUT2D eigenvalue weighted by Crippen LogP contribution is -2.15. The molecule has 3 aromatic rings. The molecule has 8 heteroatoms. The molecule has 1 aliphatic carbocycles. The molecule has 22 heavy (non-hydrogen) atoms. The van der Waals surface area contributed by atoms with Crippen molar-refractivity contribution in [1.82, 2.24) is 29.8 Å². The molecule has 1 aromatic carbocycles. The maximum Gasteiger partial charge on any atom is 0.343 e. The van der Waals surface area contributed by atoms with Gasteiger partial charge in [0.05, 0.1) is 5.52 Å². The summed E-state index contributed by atoms with van der Waals surface area (Å²) in [4.78, 5) is 11.4. The molecule has 1 fully saturated rings. The Bertz CT molecular complexity index is 902. The van der Waals surface area contributed by atoms with Gasteiger partial charge in [0.2, 0.25) is 0 Å². The lowest BCUT2D eigenvalue weighted by Gasteiger charge is -2.11. The first-order chi connectivity index (χ1) is 10.6. The lowest BCUT2D eigenvalue weighted by atomic mass is 10.1. The highest BCUT2D eigenvalue weighted by Gasteiger charge is 2.28. The average Bonchev–Trinajstić information content (AvgIpc) is 3.24. The number of hydrogen-bond acceptors (Lipinski definition) is 5. The molecule has 4 rings (SSSR count). The molecule has 2 aromatic heterocycles. The summed E-state index contributed by atoms with van der Waals surface area (Å²) in [6, 6.07) is 4.02. The second kappa shape index (κ2) is 4.69. The van der Waals surface area contributed by atoms with E-state index in [4.69, 9.17) is 4.74 Å². The Labute approximate surface area is 125 Å². The van der Waals surface area contributed by atoms with Crippen LogP contribution in [0, 0.1) is 0 Å². The Kier molecular flexibility index (Phi) is 2.78. The van der Waals surface area contributed by atoms with Gasteiger partial charge in [0.15, 0.2) is 5.82 Å². The van der Waals surface area contributed by atoms with Crippen molar-refractivity contribution in [3.05, 3.63) is 34.0 Å². The van der Waals surface area contributed by atoms with Crippen molar-refractivity contribution in [1.29, 1.82) is 0 Å². The average molecular weight is 300 g/mol. The van der Waals surface area contributed by atoms with Gasteiger partial charge in [-0.15, -0.1) is 5.10 Å². The van der Waals surface area contributed by atoms with E-state index in [9.17, 15) is 4.79 Å². The summed E-state index contributed by atoms with van der Waals surface area (Å²) in [5.41, 5.74) is 2.74. The number of nitrogens with one attached hydrogen (secondary N) is 1. The Hall–Kier alpha value is -2.64. The Morgan fingerprint density at radius 2 is 2.18 bits per heavy atom. The summed E-state index contributed by atoms with van der Waals surface area (Å²) in [6.45, 7) is 0.237. The summed E-state index contributed by atoms with van der Waals surface area (Å²) >= 11 is 0. The summed E-state index contributed by atoms with van der Waals surface area (Å²) < 4.78 is 9.13. The zero-order valence-corrected chi connectivity index (χ0v) is 12.4. The number of fused-ring (bicyclic) bond motifs is 1. The van der Waals surface area contributed by atoms with Gasteiger partial charge >= 0.3 is 5.69 Å². The molecule has 0 atom stereocenters. The Morgan fingerprint density at radius 3 is 2.86 bits per heavy atom. The summed E-state index contributed by atoms with van der Waals surface area (Å²) in [5.74, 6) is 1.90. The fourth-order valence-electron chi connectivity index (χ4n) is 2.57. The van der Waals surface area contributed by atoms with E-state index in [1.165, 1.54) is 23.0 Å². The first kappa shape index (κ1) is 13.1. The summed E-state index contributed by atoms with van der Waals surface area (Å²) in [5, 5.41) is 14.5. The normalized spacial score (nSPS) is 14.6. The van der Waals surface area contributed by atoms with Gasteiger partial charge in [-0.05, 0) is 30.4 Å². The number of aryl methyl sites for hydroxylation is 1. The van der Waals surface area contributed by atoms with Crippen LogP contribution in [0.4, 0.5) is 0 Å². The third kappa shape index (κ3) is 2.07. The summed E-state index contributed by atoms with van der Waals surface area (Å²) in [7, 11) is 3.55. The van der Waals surface area contributed by atoms with Crippen LogP contribution >= 0.6 is 0 Å². The van der Waals surface area contributed by atoms with Gasteiger partial charge in [-0.1, -0.05) is 5.21 Å². The highest BCUT2D eigenvalue weighted by Crippen LogP contribution is 2.45. The van der Waals surface area contributed by atoms with E-state index in [1.54, 1.807) is 11.7 Å². The molecule has 0 radical (unpaired) electrons. The summed E-state index contributed by atoms with van der Waals surface area (Å²) in [6.07, 6.45) is 2.35. The van der Waals surface area contributed by atoms with E-state index in [0.717, 1.165) is 16.8 Å². The van der Waals surface area contributed by atoms with Crippen LogP contribution in [0.1, 0.15) is 30.1 Å². The number of aromatic nitrogens is 6. The highest BCUT2D eigenvalue weighted by atomic mass is 16.5. The smallest absolute Gasteiger partial charge is 0.343 e. The molecule has 1 saturated carbocycles. The molecule has 114 valence electrons. The maximum atomic E-state index is 11.4. The van der Waals surface area contributed by atoms with Crippen LogP contribution in [0.15, 0.2) is 16.9 Å². The van der Waals surface area contributed by atoms with Crippen molar-refractivity contribution in [2.75, 3.05) is 0 Å². The molecule has 1 aliphatic rings. The van der Waals surface area contributed by atoms with Crippen molar-refractivity contribution < 1.29 is 4.74 Å². The zero-order chi connectivity index (χ0) is 15.3. The van der Waals surface area contributed by atoms with Gasteiger partial charge in [0, 0.05) is 20.2 Å². The second-order valence-electron chi connectivity index (χ2n) is 5.66. The molecule has 0 unspecified atom stereocenters. The number of aromatic amines is 1. The molecule has 8 nitrogen and oxygen atoms in total. The van der Waals surface area contributed by atoms with Crippen LogP contribution in [-0.2, 0) is 20.7 Å². The predicted octanol–water partition coefficient (Wildman–Crippen LogP) is 0.847. The van der Waals surface area contributed by atoms with E-state index < -0.39 is 0 Å². The van der Waals surface area contributed by atoms with E-state index in [2.05, 4.69) is 26.6 Å². The lowest BCUT2D eigenvalue weighted by molar-refractivity contribution is 0.288. The van der Waals surface area contributed by atoms with Crippen LogP contribution in [0.5, 0.6) is 5.75 Å². The van der Waals surface area contributed by atoms with Gasteiger partial charge in [-0.2, -0.15) is 5.10 Å². The monoisotopic (exact) mass is 300 g/mol. The third-order valence-electron chi connectivity index (χ3n) is 4.09. The minimum atomic E-state index is -0.245. The van der Waals surface area contributed by atoms with Crippen molar-refractivity contribution in [2.45, 2.75) is 25.4 Å². The standard InChI is InChI=1S/C14H16N6O2/c1-19-13(16-17-14(19)21)7-22-12-6-10-11(20(2)18-15-10)5-9(12)8-3-4-8/h5-6,8H,3-4,7H2,1-2H3,(H,17,21). The van der Waals surface area contributed by atoms with Crippen LogP contribution < -0.4 is 10.4 Å². The van der Waals surface area contributed by atoms with Crippen LogP contribution in [0.2, 0.25) is 0 Å². The van der Waals surface area contributed by atoms with Crippen molar-refractivity contribution in [3.8, 4) is 5.75 Å². The van der Waals surface area contributed by atoms with Gasteiger partial charge in [-0.25, -0.2) is 14.6 Å². The fraction of sp³-hybridized carbons (Fsp3) is 0.429. The Morgan fingerprint density at radius 1 is 1.36 bits per heavy atom. The number of H-pyrrole nitrogens is 1. The van der Waals surface area contributed by atoms with Crippen LogP contribution in [0.25, 0.3) is 11.0 Å².